The van der Waals surface area contributed by atoms with E-state index in [1.165, 1.54) is 0 Å². The van der Waals surface area contributed by atoms with Gasteiger partial charge in [0.05, 0.1) is 0 Å². The molecule has 22 heavy (non-hydrogen) atoms. The van der Waals surface area contributed by atoms with Gasteiger partial charge in [-0.05, 0) is 0 Å². The van der Waals surface area contributed by atoms with Crippen LogP contribution in [0.25, 0.3) is 0 Å². The van der Waals surface area contributed by atoms with Crippen molar-refractivity contribution in [1.82, 2.24) is 11.6 Å². The zero-order valence-electron chi connectivity index (χ0n) is 17.4. The molecule has 0 heterocycles. The third kappa shape index (κ3) is 5.81. The molecule has 0 spiro atoms. The van der Waals surface area contributed by atoms with Gasteiger partial charge < -0.3 is 0 Å². The van der Waals surface area contributed by atoms with Crippen LogP contribution in [0.5, 0.6) is 0 Å². The summed E-state index contributed by atoms with van der Waals surface area (Å²) in [7, 11) is 0. The Hall–Kier alpha value is 0.423. The third-order valence-electron chi connectivity index (χ3n) is 4.38. The Morgan fingerprint density at radius 3 is 0.591 bits per heavy atom. The molecular weight excluding hydrogens is 331 g/mol. The first-order valence-corrected chi connectivity index (χ1v) is 12.5. The fourth-order valence-corrected chi connectivity index (χ4v) is 12.5. The number of rotatable bonds is 9. The summed E-state index contributed by atoms with van der Waals surface area (Å²) in [6.07, 6.45) is 0. The van der Waals surface area contributed by atoms with Crippen LogP contribution in [0.3, 0.4) is 0 Å². The van der Waals surface area contributed by atoms with E-state index in [0.717, 1.165) is 0 Å². The van der Waals surface area contributed by atoms with Crippen molar-refractivity contribution in [2.45, 2.75) is 119 Å². The molecule has 0 rings (SSSR count). The molecule has 0 saturated heterocycles. The Balaban J connectivity index is 6.03. The summed E-state index contributed by atoms with van der Waals surface area (Å²) in [4.78, 5) is 0. The van der Waals surface area contributed by atoms with Gasteiger partial charge in [0.1, 0.15) is 0 Å². The fourth-order valence-electron chi connectivity index (χ4n) is 3.85. The first-order chi connectivity index (χ1) is 9.93. The first-order valence-electron chi connectivity index (χ1n) is 9.25. The van der Waals surface area contributed by atoms with E-state index < -0.39 is 15.0 Å². The average Bonchev–Trinajstić information content (AvgIpc) is 2.24. The van der Waals surface area contributed by atoms with Gasteiger partial charge >= 0.3 is 146 Å². The average molecular weight is 374 g/mol. The monoisotopic (exact) mass is 375 g/mol. The minimum atomic E-state index is -2.04. The Morgan fingerprint density at radius 2 is 0.500 bits per heavy atom. The van der Waals surface area contributed by atoms with Gasteiger partial charge in [-0.25, -0.2) is 0 Å². The van der Waals surface area contributed by atoms with E-state index in [9.17, 15) is 0 Å². The SMILES string of the molecule is CC(C)[N](C(C)C)[GeH]([N](C(C)C)C(C)C)[N](C(C)C)C(C)C. The summed E-state index contributed by atoms with van der Waals surface area (Å²) < 4.78 is 8.56. The van der Waals surface area contributed by atoms with Gasteiger partial charge in [-0.15, -0.1) is 0 Å². The van der Waals surface area contributed by atoms with Crippen LogP contribution >= 0.6 is 0 Å². The fraction of sp³-hybridized carbons (Fsp3) is 1.00. The molecule has 0 N–H and O–H groups in total. The molecule has 4 heteroatoms. The van der Waals surface area contributed by atoms with Crippen molar-refractivity contribution in [1.29, 1.82) is 0 Å². The van der Waals surface area contributed by atoms with Crippen molar-refractivity contribution in [3.05, 3.63) is 0 Å². The Labute approximate surface area is 146 Å². The zero-order chi connectivity index (χ0) is 17.8. The first kappa shape index (κ1) is 22.4. The molecule has 0 aromatic rings. The van der Waals surface area contributed by atoms with Crippen molar-refractivity contribution >= 4 is 15.0 Å². The summed E-state index contributed by atoms with van der Waals surface area (Å²) in [6, 6.07) is 3.61. The minimum absolute atomic E-state index is 0.602. The van der Waals surface area contributed by atoms with Crippen LogP contribution in [0.15, 0.2) is 0 Å². The molecule has 0 aromatic heterocycles. The molecule has 0 amide bonds. The molecule has 0 bridgehead atoms. The molecule has 0 saturated carbocycles. The predicted molar refractivity (Wildman–Crippen MR) is 103 cm³/mol. The van der Waals surface area contributed by atoms with Gasteiger partial charge in [0, 0.05) is 0 Å². The molecule has 0 aliphatic heterocycles. The van der Waals surface area contributed by atoms with Crippen LogP contribution in [-0.4, -0.2) is 62.8 Å². The molecule has 0 radical (unpaired) electrons. The van der Waals surface area contributed by atoms with Gasteiger partial charge in [0.2, 0.25) is 0 Å². The van der Waals surface area contributed by atoms with Crippen molar-refractivity contribution in [3.63, 3.8) is 0 Å². The molecule has 0 aliphatic rings. The van der Waals surface area contributed by atoms with Gasteiger partial charge in [-0.1, -0.05) is 0 Å². The number of hydrogen-bond donors (Lipinski definition) is 0. The van der Waals surface area contributed by atoms with E-state index in [1.807, 2.05) is 0 Å². The zero-order valence-corrected chi connectivity index (χ0v) is 19.8. The topological polar surface area (TPSA) is 9.72 Å². The molecule has 134 valence electrons. The third-order valence-corrected chi connectivity index (χ3v) is 15.2. The van der Waals surface area contributed by atoms with Gasteiger partial charge in [-0.3, -0.25) is 0 Å². The molecule has 0 aliphatic carbocycles. The second kappa shape index (κ2) is 9.65. The van der Waals surface area contributed by atoms with Crippen LogP contribution < -0.4 is 0 Å². The van der Waals surface area contributed by atoms with Gasteiger partial charge in [0.25, 0.3) is 0 Å². The summed E-state index contributed by atoms with van der Waals surface area (Å²) in [5.41, 5.74) is 0. The van der Waals surface area contributed by atoms with E-state index in [4.69, 9.17) is 0 Å². The molecule has 0 unspecified atom stereocenters. The van der Waals surface area contributed by atoms with Crippen LogP contribution in [0.2, 0.25) is 0 Å². The summed E-state index contributed by atoms with van der Waals surface area (Å²) >= 11 is -2.04. The maximum atomic E-state index is 2.85. The normalized spacial score (nSPS) is 13.9. The Kier molecular flexibility index (Phi) is 9.84. The van der Waals surface area contributed by atoms with Crippen LogP contribution in [-0.2, 0) is 0 Å². The van der Waals surface area contributed by atoms with E-state index >= 15 is 0 Å². The number of hydrogen-bond acceptors (Lipinski definition) is 3. The maximum absolute atomic E-state index is 2.85. The summed E-state index contributed by atoms with van der Waals surface area (Å²) in [5.74, 6) is 0. The second-order valence-electron chi connectivity index (χ2n) is 8.25. The molecule has 0 fully saturated rings. The molecule has 0 atom stereocenters. The molecule has 0 aromatic carbocycles. The standard InChI is InChI=1S/C18H43GeN3/c1-13(2)20(14(3)4)19(21(15(5)6)16(7)8)22(17(9)10)18(11)12/h13-19H,1-12H3. The Morgan fingerprint density at radius 1 is 0.364 bits per heavy atom. The number of nitrogens with zero attached hydrogens (tertiary/aromatic N) is 3. The molecule has 3 nitrogen and oxygen atoms in total. The van der Waals surface area contributed by atoms with E-state index in [0.29, 0.717) is 36.3 Å². The predicted octanol–water partition coefficient (Wildman–Crippen LogP) is 4.06. The quantitative estimate of drug-likeness (QED) is 0.564. The van der Waals surface area contributed by atoms with E-state index in [2.05, 4.69) is 94.7 Å². The van der Waals surface area contributed by atoms with Crippen molar-refractivity contribution < 1.29 is 0 Å². The van der Waals surface area contributed by atoms with E-state index in [1.54, 1.807) is 0 Å². The second-order valence-corrected chi connectivity index (χ2v) is 13.5. The van der Waals surface area contributed by atoms with Gasteiger partial charge in [-0.2, -0.15) is 0 Å². The summed E-state index contributed by atoms with van der Waals surface area (Å²) in [6.45, 7) is 28.5. The van der Waals surface area contributed by atoms with Crippen molar-refractivity contribution in [2.24, 2.45) is 0 Å². The summed E-state index contributed by atoms with van der Waals surface area (Å²) in [5, 5.41) is 0. The Bertz CT molecular complexity index is 229. The molecular formula is C18H43GeN3. The van der Waals surface area contributed by atoms with Crippen LogP contribution in [0, 0.1) is 0 Å². The van der Waals surface area contributed by atoms with Gasteiger partial charge in [0.15, 0.2) is 0 Å². The van der Waals surface area contributed by atoms with Crippen molar-refractivity contribution in [3.8, 4) is 0 Å². The van der Waals surface area contributed by atoms with E-state index in [-0.39, 0.29) is 0 Å². The van der Waals surface area contributed by atoms with Crippen LogP contribution in [0.1, 0.15) is 83.1 Å². The van der Waals surface area contributed by atoms with Crippen molar-refractivity contribution in [2.75, 3.05) is 0 Å². The van der Waals surface area contributed by atoms with Crippen LogP contribution in [0.4, 0.5) is 0 Å².